The number of para-hydroxylation sites is 1. The summed E-state index contributed by atoms with van der Waals surface area (Å²) in [6.45, 7) is 1.82. The Hall–Kier alpha value is -2.56. The van der Waals surface area contributed by atoms with Crippen LogP contribution in [0.5, 0.6) is 5.88 Å². The van der Waals surface area contributed by atoms with Gasteiger partial charge < -0.3 is 15.0 Å². The highest BCUT2D eigenvalue weighted by Crippen LogP contribution is 2.32. The molecule has 2 N–H and O–H groups in total. The third-order valence-electron chi connectivity index (χ3n) is 4.31. The third kappa shape index (κ3) is 2.95. The quantitative estimate of drug-likeness (QED) is 0.703. The first-order valence-corrected chi connectivity index (χ1v) is 9.31. The minimum absolute atomic E-state index is 0.150. The fourth-order valence-electron chi connectivity index (χ4n) is 3.05. The molecule has 0 spiro atoms. The molecule has 6 nitrogen and oxygen atoms in total. The minimum atomic E-state index is 0.150. The van der Waals surface area contributed by atoms with Crippen molar-refractivity contribution in [3.8, 4) is 23.2 Å². The number of aromatic amines is 1. The molecule has 2 aromatic heterocycles. The van der Waals surface area contributed by atoms with E-state index < -0.39 is 0 Å². The van der Waals surface area contributed by atoms with Crippen LogP contribution in [0.3, 0.4) is 0 Å². The van der Waals surface area contributed by atoms with Crippen molar-refractivity contribution in [1.29, 1.82) is 5.26 Å². The number of nitriles is 1. The summed E-state index contributed by atoms with van der Waals surface area (Å²) >= 11 is 1.52. The summed E-state index contributed by atoms with van der Waals surface area (Å²) in [5.74, 6) is 0.586. The van der Waals surface area contributed by atoms with Crippen molar-refractivity contribution in [3.63, 3.8) is 0 Å². The Morgan fingerprint density at radius 3 is 3.08 bits per heavy atom. The van der Waals surface area contributed by atoms with Crippen molar-refractivity contribution in [1.82, 2.24) is 20.3 Å². The molecule has 25 heavy (non-hydrogen) atoms. The summed E-state index contributed by atoms with van der Waals surface area (Å²) in [5, 5.41) is 14.3. The molecule has 0 amide bonds. The highest BCUT2D eigenvalue weighted by Gasteiger charge is 2.20. The Bertz CT molecular complexity index is 956. The Balaban J connectivity index is 1.72. The van der Waals surface area contributed by atoms with Crippen molar-refractivity contribution in [2.45, 2.75) is 17.6 Å². The molecule has 0 bridgehead atoms. The number of benzene rings is 1. The molecular weight excluding hydrogens is 334 g/mol. The second-order valence-corrected chi connectivity index (χ2v) is 6.64. The molecule has 1 unspecified atom stereocenters. The molecule has 1 aliphatic heterocycles. The van der Waals surface area contributed by atoms with Crippen LogP contribution in [0.25, 0.3) is 22.2 Å². The predicted molar refractivity (Wildman–Crippen MR) is 97.7 cm³/mol. The average molecular weight is 351 g/mol. The van der Waals surface area contributed by atoms with E-state index in [0.717, 1.165) is 46.7 Å². The van der Waals surface area contributed by atoms with Crippen molar-refractivity contribution in [3.05, 3.63) is 36.2 Å². The molecule has 1 saturated heterocycles. The van der Waals surface area contributed by atoms with Gasteiger partial charge in [-0.25, -0.2) is 9.97 Å². The van der Waals surface area contributed by atoms with Gasteiger partial charge in [-0.2, -0.15) is 5.26 Å². The first-order valence-electron chi connectivity index (χ1n) is 8.09. The van der Waals surface area contributed by atoms with Gasteiger partial charge in [-0.3, -0.25) is 0 Å². The Morgan fingerprint density at radius 1 is 1.40 bits per heavy atom. The zero-order chi connectivity index (χ0) is 17.2. The SMILES string of the molecule is CSc1nc(-c2c[nH]c3c(C#N)cccc23)cnc1OC1CCNC1. The maximum Gasteiger partial charge on any atom is 0.247 e. The Labute approximate surface area is 149 Å². The lowest BCUT2D eigenvalue weighted by molar-refractivity contribution is 0.206. The fraction of sp³-hybridized carbons (Fsp3) is 0.278. The van der Waals surface area contributed by atoms with Crippen LogP contribution in [0.4, 0.5) is 0 Å². The Kier molecular flexibility index (Phi) is 4.30. The van der Waals surface area contributed by atoms with Crippen LogP contribution in [-0.2, 0) is 0 Å². The minimum Gasteiger partial charge on any atom is -0.471 e. The zero-order valence-corrected chi connectivity index (χ0v) is 14.6. The van der Waals surface area contributed by atoms with Gasteiger partial charge in [0.1, 0.15) is 12.2 Å². The topological polar surface area (TPSA) is 86.6 Å². The van der Waals surface area contributed by atoms with Gasteiger partial charge in [0.15, 0.2) is 5.03 Å². The normalized spacial score (nSPS) is 16.9. The van der Waals surface area contributed by atoms with Gasteiger partial charge in [0, 0.05) is 23.7 Å². The van der Waals surface area contributed by atoms with E-state index >= 15 is 0 Å². The number of H-pyrrole nitrogens is 1. The summed E-state index contributed by atoms with van der Waals surface area (Å²) in [4.78, 5) is 12.4. The molecule has 3 aromatic rings. The molecule has 4 rings (SSSR count). The molecule has 126 valence electrons. The molecule has 1 fully saturated rings. The lowest BCUT2D eigenvalue weighted by atomic mass is 10.1. The highest BCUT2D eigenvalue weighted by atomic mass is 32.2. The molecule has 7 heteroatoms. The molecule has 0 saturated carbocycles. The van der Waals surface area contributed by atoms with E-state index in [9.17, 15) is 5.26 Å². The van der Waals surface area contributed by atoms with Crippen molar-refractivity contribution >= 4 is 22.7 Å². The summed E-state index contributed by atoms with van der Waals surface area (Å²) in [7, 11) is 0. The van der Waals surface area contributed by atoms with Crippen LogP contribution < -0.4 is 10.1 Å². The molecule has 3 heterocycles. The van der Waals surface area contributed by atoms with Crippen LogP contribution in [0.1, 0.15) is 12.0 Å². The number of aromatic nitrogens is 3. The Morgan fingerprint density at radius 2 is 2.32 bits per heavy atom. The molecule has 1 aliphatic rings. The van der Waals surface area contributed by atoms with Crippen LogP contribution in [0.2, 0.25) is 0 Å². The van der Waals surface area contributed by atoms with Crippen LogP contribution in [0.15, 0.2) is 35.6 Å². The number of thioether (sulfide) groups is 1. The largest absolute Gasteiger partial charge is 0.471 e. The van der Waals surface area contributed by atoms with Crippen LogP contribution in [-0.4, -0.2) is 40.4 Å². The smallest absolute Gasteiger partial charge is 0.247 e. The number of hydrogen-bond acceptors (Lipinski definition) is 6. The van der Waals surface area contributed by atoms with Gasteiger partial charge >= 0.3 is 0 Å². The van der Waals surface area contributed by atoms with Gasteiger partial charge in [0.25, 0.3) is 0 Å². The average Bonchev–Trinajstić information content (AvgIpc) is 3.31. The number of hydrogen-bond donors (Lipinski definition) is 2. The lowest BCUT2D eigenvalue weighted by Gasteiger charge is -2.14. The van der Waals surface area contributed by atoms with Gasteiger partial charge in [-0.15, -0.1) is 11.8 Å². The first-order chi connectivity index (χ1) is 12.3. The molecular formula is C18H17N5OS. The van der Waals surface area contributed by atoms with Crippen molar-refractivity contribution in [2.24, 2.45) is 0 Å². The summed E-state index contributed by atoms with van der Waals surface area (Å²) < 4.78 is 5.99. The maximum absolute atomic E-state index is 9.25. The van der Waals surface area contributed by atoms with E-state index in [2.05, 4.69) is 21.4 Å². The maximum atomic E-state index is 9.25. The van der Waals surface area contributed by atoms with Gasteiger partial charge in [-0.1, -0.05) is 12.1 Å². The van der Waals surface area contributed by atoms with Crippen molar-refractivity contribution < 1.29 is 4.74 Å². The van der Waals surface area contributed by atoms with Gasteiger partial charge in [0.05, 0.1) is 23.0 Å². The van der Waals surface area contributed by atoms with Crippen molar-refractivity contribution in [2.75, 3.05) is 19.3 Å². The summed E-state index contributed by atoms with van der Waals surface area (Å²) in [5.41, 5.74) is 3.15. The predicted octanol–water partition coefficient (Wildman–Crippen LogP) is 2.96. The summed E-state index contributed by atoms with van der Waals surface area (Å²) in [6, 6.07) is 7.87. The standard InChI is InChI=1S/C18H17N5OS/c1-25-18-17(24-12-5-6-20-8-12)22-10-15(23-18)14-9-21-16-11(7-19)3-2-4-13(14)16/h2-4,9-10,12,20-21H,5-6,8H2,1H3. The number of fused-ring (bicyclic) bond motifs is 1. The molecule has 1 atom stereocenters. The number of rotatable bonds is 4. The number of nitrogens with zero attached hydrogens (tertiary/aromatic N) is 3. The number of nitrogens with one attached hydrogen (secondary N) is 2. The van der Waals surface area contributed by atoms with E-state index in [-0.39, 0.29) is 6.10 Å². The zero-order valence-electron chi connectivity index (χ0n) is 13.7. The number of ether oxygens (including phenoxy) is 1. The second kappa shape index (κ2) is 6.75. The van der Waals surface area contributed by atoms with E-state index in [1.807, 2.05) is 24.6 Å². The first kappa shape index (κ1) is 15.9. The van der Waals surface area contributed by atoms with E-state index in [1.165, 1.54) is 11.8 Å². The van der Waals surface area contributed by atoms with Gasteiger partial charge in [-0.05, 0) is 25.3 Å². The van der Waals surface area contributed by atoms with Crippen LogP contribution >= 0.6 is 11.8 Å². The molecule has 0 radical (unpaired) electrons. The van der Waals surface area contributed by atoms with E-state index in [1.54, 1.807) is 12.3 Å². The lowest BCUT2D eigenvalue weighted by Crippen LogP contribution is -2.20. The van der Waals surface area contributed by atoms with E-state index in [4.69, 9.17) is 9.72 Å². The highest BCUT2D eigenvalue weighted by molar-refractivity contribution is 7.98. The fourth-order valence-corrected chi connectivity index (χ4v) is 3.52. The summed E-state index contributed by atoms with van der Waals surface area (Å²) in [6.07, 6.45) is 6.71. The molecule has 0 aliphatic carbocycles. The monoisotopic (exact) mass is 351 g/mol. The van der Waals surface area contributed by atoms with Crippen LogP contribution in [0, 0.1) is 11.3 Å². The molecule has 1 aromatic carbocycles. The second-order valence-electron chi connectivity index (χ2n) is 5.84. The van der Waals surface area contributed by atoms with Gasteiger partial charge in [0.2, 0.25) is 5.88 Å². The van der Waals surface area contributed by atoms with E-state index in [0.29, 0.717) is 11.4 Å². The third-order valence-corrected chi connectivity index (χ3v) is 4.96.